The van der Waals surface area contributed by atoms with Crippen LogP contribution in [0.5, 0.6) is 0 Å². The largest absolute Gasteiger partial charge is 0.462 e. The van der Waals surface area contributed by atoms with Gasteiger partial charge in [0.1, 0.15) is 0 Å². The number of hydrogen-bond donors (Lipinski definition) is 1. The number of rotatable bonds is 7. The minimum atomic E-state index is -0.340. The maximum absolute atomic E-state index is 11.7. The Morgan fingerprint density at radius 2 is 1.94 bits per heavy atom. The van der Waals surface area contributed by atoms with Gasteiger partial charge in [0.2, 0.25) is 0 Å². The van der Waals surface area contributed by atoms with Crippen LogP contribution in [0.3, 0.4) is 0 Å². The lowest BCUT2D eigenvalue weighted by Crippen LogP contribution is -2.25. The van der Waals surface area contributed by atoms with Gasteiger partial charge in [-0.2, -0.15) is 0 Å². The van der Waals surface area contributed by atoms with Gasteiger partial charge in [-0.3, -0.25) is 0 Å². The summed E-state index contributed by atoms with van der Waals surface area (Å²) in [4.78, 5) is 14.0. The molecule has 1 aromatic rings. The van der Waals surface area contributed by atoms with Gasteiger partial charge in [0.25, 0.3) is 0 Å². The van der Waals surface area contributed by atoms with Crippen LogP contribution in [-0.4, -0.2) is 37.1 Å². The van der Waals surface area contributed by atoms with E-state index in [1.807, 2.05) is 0 Å². The third-order valence-electron chi connectivity index (χ3n) is 2.93. The minimum Gasteiger partial charge on any atom is -0.462 e. The maximum atomic E-state index is 11.7. The molecule has 0 atom stereocenters. The number of ether oxygens (including phenoxy) is 1. The Kier molecular flexibility index (Phi) is 6.22. The highest BCUT2D eigenvalue weighted by Gasteiger charge is 2.09. The third kappa shape index (κ3) is 4.37. The molecule has 0 aromatic heterocycles. The van der Waals surface area contributed by atoms with Crippen molar-refractivity contribution in [3.63, 3.8) is 0 Å². The number of nitrogens with zero attached hydrogens (tertiary/aromatic N) is 1. The monoisotopic (exact) mass is 250 g/mol. The second-order valence-electron chi connectivity index (χ2n) is 4.10. The first kappa shape index (κ1) is 14.5. The Balaban J connectivity index is 2.32. The van der Waals surface area contributed by atoms with Gasteiger partial charge < -0.3 is 15.4 Å². The maximum Gasteiger partial charge on any atom is 0.340 e. The van der Waals surface area contributed by atoms with Crippen LogP contribution in [0.4, 0.5) is 5.69 Å². The molecule has 0 aliphatic carbocycles. The number of nitrogens with two attached hydrogens (primary N) is 1. The van der Waals surface area contributed by atoms with Gasteiger partial charge in [-0.1, -0.05) is 26.0 Å². The molecular formula is C14H22N2O2. The normalized spacial score (nSPS) is 10.6. The molecule has 1 aromatic carbocycles. The number of hydrogen-bond acceptors (Lipinski definition) is 4. The van der Waals surface area contributed by atoms with Gasteiger partial charge in [0.05, 0.1) is 12.2 Å². The van der Waals surface area contributed by atoms with Crippen LogP contribution in [0.1, 0.15) is 30.6 Å². The van der Waals surface area contributed by atoms with E-state index in [4.69, 9.17) is 10.5 Å². The van der Waals surface area contributed by atoms with Crippen molar-refractivity contribution in [2.75, 3.05) is 32.0 Å². The zero-order chi connectivity index (χ0) is 13.4. The summed E-state index contributed by atoms with van der Waals surface area (Å²) in [5.41, 5.74) is 6.62. The van der Waals surface area contributed by atoms with E-state index in [9.17, 15) is 4.79 Å². The molecule has 0 aliphatic rings. The van der Waals surface area contributed by atoms with E-state index in [0.717, 1.165) is 26.1 Å². The Labute approximate surface area is 109 Å². The first-order chi connectivity index (χ1) is 8.69. The van der Waals surface area contributed by atoms with E-state index in [0.29, 0.717) is 17.9 Å². The zero-order valence-corrected chi connectivity index (χ0v) is 11.2. The van der Waals surface area contributed by atoms with E-state index in [1.165, 1.54) is 0 Å². The number of carbonyl (C=O) groups excluding carboxylic acids is 1. The molecule has 18 heavy (non-hydrogen) atoms. The van der Waals surface area contributed by atoms with Crippen molar-refractivity contribution in [3.8, 4) is 0 Å². The molecule has 2 N–H and O–H groups in total. The quantitative estimate of drug-likeness (QED) is 0.458. The van der Waals surface area contributed by atoms with Crippen molar-refractivity contribution < 1.29 is 9.53 Å². The number of nitrogen functional groups attached to an aromatic ring is 1. The molecule has 4 heteroatoms. The van der Waals surface area contributed by atoms with Crippen LogP contribution in [0.15, 0.2) is 24.3 Å². The number of esters is 1. The topological polar surface area (TPSA) is 55.6 Å². The molecule has 0 bridgehead atoms. The van der Waals surface area contributed by atoms with E-state index in [-0.39, 0.29) is 5.97 Å². The molecule has 0 amide bonds. The highest BCUT2D eigenvalue weighted by Crippen LogP contribution is 2.11. The number of carbonyl (C=O) groups is 1. The summed E-state index contributed by atoms with van der Waals surface area (Å²) in [6.07, 6.45) is 0.847. The van der Waals surface area contributed by atoms with Gasteiger partial charge in [0, 0.05) is 12.2 Å². The Morgan fingerprint density at radius 1 is 1.28 bits per heavy atom. The smallest absolute Gasteiger partial charge is 0.340 e. The first-order valence-electron chi connectivity index (χ1n) is 6.43. The molecule has 100 valence electrons. The van der Waals surface area contributed by atoms with Gasteiger partial charge in [-0.05, 0) is 31.6 Å². The van der Waals surface area contributed by atoms with Crippen LogP contribution in [0, 0.1) is 0 Å². The predicted molar refractivity (Wildman–Crippen MR) is 73.5 cm³/mol. The Hall–Kier alpha value is -1.55. The predicted octanol–water partition coefficient (Wildman–Crippen LogP) is 2.16. The Morgan fingerprint density at radius 3 is 2.56 bits per heavy atom. The second kappa shape index (κ2) is 7.71. The van der Waals surface area contributed by atoms with Crippen LogP contribution in [0.25, 0.3) is 0 Å². The fraction of sp³-hybridized carbons (Fsp3) is 0.500. The summed E-state index contributed by atoms with van der Waals surface area (Å²) in [6.45, 7) is 7.68. The van der Waals surface area contributed by atoms with Crippen LogP contribution in [0.2, 0.25) is 0 Å². The standard InChI is InChI=1S/C14H22N2O2/c1-3-16(4-2)10-7-11-18-14(17)12-8-5-6-9-13(12)15/h5-6,8-9H,3-4,7,10-11,15H2,1-2H3. The van der Waals surface area contributed by atoms with Crippen molar-refractivity contribution in [2.24, 2.45) is 0 Å². The summed E-state index contributed by atoms with van der Waals surface area (Å²) >= 11 is 0. The summed E-state index contributed by atoms with van der Waals surface area (Å²) in [5.74, 6) is -0.340. The highest BCUT2D eigenvalue weighted by molar-refractivity contribution is 5.94. The van der Waals surface area contributed by atoms with Gasteiger partial charge in [-0.25, -0.2) is 4.79 Å². The summed E-state index contributed by atoms with van der Waals surface area (Å²) in [7, 11) is 0. The average Bonchev–Trinajstić information content (AvgIpc) is 2.39. The summed E-state index contributed by atoms with van der Waals surface area (Å²) < 4.78 is 5.20. The molecule has 0 heterocycles. The highest BCUT2D eigenvalue weighted by atomic mass is 16.5. The fourth-order valence-corrected chi connectivity index (χ4v) is 1.75. The van der Waals surface area contributed by atoms with Crippen LogP contribution in [-0.2, 0) is 4.74 Å². The van der Waals surface area contributed by atoms with Gasteiger partial charge in [0.15, 0.2) is 0 Å². The van der Waals surface area contributed by atoms with E-state index >= 15 is 0 Å². The molecule has 0 saturated carbocycles. The molecule has 0 unspecified atom stereocenters. The number of anilines is 1. The lowest BCUT2D eigenvalue weighted by Gasteiger charge is -2.17. The van der Waals surface area contributed by atoms with E-state index < -0.39 is 0 Å². The molecule has 1 rings (SSSR count). The van der Waals surface area contributed by atoms with E-state index in [1.54, 1.807) is 24.3 Å². The number of benzene rings is 1. The molecule has 4 nitrogen and oxygen atoms in total. The van der Waals surface area contributed by atoms with Gasteiger partial charge >= 0.3 is 5.97 Å². The molecule has 0 saturated heterocycles. The van der Waals surface area contributed by atoms with Crippen LogP contribution < -0.4 is 5.73 Å². The fourth-order valence-electron chi connectivity index (χ4n) is 1.75. The van der Waals surface area contributed by atoms with E-state index in [2.05, 4.69) is 18.7 Å². The minimum absolute atomic E-state index is 0.340. The van der Waals surface area contributed by atoms with Crippen molar-refractivity contribution in [1.29, 1.82) is 0 Å². The van der Waals surface area contributed by atoms with Gasteiger partial charge in [-0.15, -0.1) is 0 Å². The lowest BCUT2D eigenvalue weighted by molar-refractivity contribution is 0.0490. The molecule has 0 aliphatic heterocycles. The molecule has 0 fully saturated rings. The lowest BCUT2D eigenvalue weighted by atomic mass is 10.2. The zero-order valence-electron chi connectivity index (χ0n) is 11.2. The van der Waals surface area contributed by atoms with Crippen molar-refractivity contribution in [1.82, 2.24) is 4.90 Å². The average molecular weight is 250 g/mol. The Bertz CT molecular complexity index is 376. The molecule has 0 radical (unpaired) electrons. The first-order valence-corrected chi connectivity index (χ1v) is 6.43. The van der Waals surface area contributed by atoms with Crippen molar-refractivity contribution >= 4 is 11.7 Å². The number of para-hydroxylation sites is 1. The van der Waals surface area contributed by atoms with Crippen LogP contribution >= 0.6 is 0 Å². The summed E-state index contributed by atoms with van der Waals surface area (Å²) in [6, 6.07) is 6.96. The third-order valence-corrected chi connectivity index (χ3v) is 2.93. The van der Waals surface area contributed by atoms with Crippen molar-refractivity contribution in [3.05, 3.63) is 29.8 Å². The molecule has 0 spiro atoms. The second-order valence-corrected chi connectivity index (χ2v) is 4.10. The summed E-state index contributed by atoms with van der Waals surface area (Å²) in [5, 5.41) is 0. The SMILES string of the molecule is CCN(CC)CCCOC(=O)c1ccccc1N. The van der Waals surface area contributed by atoms with Crippen molar-refractivity contribution in [2.45, 2.75) is 20.3 Å². The molecular weight excluding hydrogens is 228 g/mol.